The normalized spacial score (nSPS) is 34.0. The monoisotopic (exact) mass is 1110 g/mol. The number of aromatic nitrogens is 5. The van der Waals surface area contributed by atoms with Crippen LogP contribution in [0.1, 0.15) is 92.3 Å². The van der Waals surface area contributed by atoms with Crippen molar-refractivity contribution in [1.82, 2.24) is 29.5 Å². The number of allylic oxidation sites excluding steroid dienone is 3. The van der Waals surface area contributed by atoms with Crippen LogP contribution in [-0.4, -0.2) is 195 Å². The Morgan fingerprint density at radius 3 is 2.21 bits per heavy atom. The van der Waals surface area contributed by atoms with Crippen LogP contribution in [0.5, 0.6) is 0 Å². The number of carbonyl (C=O) groups is 2. The van der Waals surface area contributed by atoms with Crippen LogP contribution in [0, 0.1) is 23.7 Å². The predicted molar refractivity (Wildman–Crippen MR) is 289 cm³/mol. The molecule has 5 heterocycles. The molecule has 1 aromatic carbocycles. The van der Waals surface area contributed by atoms with Gasteiger partial charge in [-0.2, -0.15) is 0 Å². The number of ketones is 1. The maximum Gasteiger partial charge on any atom is 0.308 e. The lowest BCUT2D eigenvalue weighted by Crippen LogP contribution is -2.64. The fraction of sp³-hybridized carbons (Fsp3) is 0.714. The Hall–Kier alpha value is -3.98. The van der Waals surface area contributed by atoms with E-state index in [1.54, 1.807) is 31.5 Å². The second kappa shape index (κ2) is 30.7. The van der Waals surface area contributed by atoms with E-state index in [2.05, 4.69) is 32.0 Å². The average Bonchev–Trinajstić information content (AvgIpc) is 4.22. The van der Waals surface area contributed by atoms with Gasteiger partial charge < -0.3 is 63.1 Å². The van der Waals surface area contributed by atoms with E-state index >= 15 is 0 Å². The van der Waals surface area contributed by atoms with Crippen molar-refractivity contribution in [1.29, 1.82) is 0 Å². The third-order valence-corrected chi connectivity index (χ3v) is 15.9. The number of hydrogen-bond acceptors (Lipinski definition) is 21. The summed E-state index contributed by atoms with van der Waals surface area (Å²) in [6, 6.07) is 7.34. The number of methoxy groups -OCH3 is 2. The van der Waals surface area contributed by atoms with Crippen molar-refractivity contribution in [2.24, 2.45) is 23.7 Å². The maximum atomic E-state index is 14.2. The van der Waals surface area contributed by atoms with E-state index in [4.69, 9.17) is 42.6 Å². The number of hydrogen-bond donors (Lipinski definition) is 4. The summed E-state index contributed by atoms with van der Waals surface area (Å²) >= 11 is 1.31. The third-order valence-electron chi connectivity index (χ3n) is 15.4. The van der Waals surface area contributed by atoms with Gasteiger partial charge in [0.2, 0.25) is 0 Å². The molecule has 22 heteroatoms. The summed E-state index contributed by atoms with van der Waals surface area (Å²) in [5.74, 6) is -3.34. The van der Waals surface area contributed by atoms with Crippen LogP contribution in [0.2, 0.25) is 0 Å². The van der Waals surface area contributed by atoms with Crippen molar-refractivity contribution in [3.63, 3.8) is 0 Å². The van der Waals surface area contributed by atoms with E-state index in [9.17, 15) is 30.0 Å². The number of nitrogens with zero attached hydrogens (tertiary/aromatic N) is 6. The van der Waals surface area contributed by atoms with Gasteiger partial charge in [-0.15, -0.1) is 10.2 Å². The molecular weight excluding hydrogens is 1030 g/mol. The quantitative estimate of drug-likeness (QED) is 0.0783. The zero-order valence-corrected chi connectivity index (χ0v) is 48.1. The summed E-state index contributed by atoms with van der Waals surface area (Å²) < 4.78 is 60.9. The highest BCUT2D eigenvalue weighted by Crippen LogP contribution is 2.37. The lowest BCUT2D eigenvalue weighted by atomic mass is 9.79. The van der Waals surface area contributed by atoms with E-state index in [0.29, 0.717) is 44.7 Å². The Morgan fingerprint density at radius 1 is 0.859 bits per heavy atom. The second-order valence-electron chi connectivity index (χ2n) is 21.0. The minimum absolute atomic E-state index is 0.00145. The van der Waals surface area contributed by atoms with Crippen LogP contribution >= 0.6 is 11.5 Å². The number of cyclic esters (lactones) is 1. The molecule has 6 rings (SSSR count). The van der Waals surface area contributed by atoms with Crippen molar-refractivity contribution in [2.75, 3.05) is 47.6 Å². The summed E-state index contributed by atoms with van der Waals surface area (Å²) in [4.78, 5) is 30.1. The number of aliphatic hydroxyl groups is 4. The van der Waals surface area contributed by atoms with E-state index in [0.717, 1.165) is 28.9 Å². The van der Waals surface area contributed by atoms with Gasteiger partial charge in [0.1, 0.15) is 36.2 Å². The zero-order chi connectivity index (χ0) is 56.6. The Bertz CT molecular complexity index is 2320. The maximum absolute atomic E-state index is 14.2. The number of rotatable bonds is 22. The highest BCUT2D eigenvalue weighted by molar-refractivity contribution is 7.03. The van der Waals surface area contributed by atoms with Gasteiger partial charge in [-0.05, 0) is 90.0 Å². The standard InChI is InChI=1S/C56H86N6O15S/c1-12-45-40(30-73-56-54(70-11)53(69-10)50(67)36(8)75-56)25-32(4)15-20-43(63)33(5)26-39(27-47(71-13-2)72-14-3)52(34(6)44(64)28-46(65)76-45)77-55-51(68)48(49(66)35(7)74-55)61(9)23-22-41-29-62(59-57-41)24-21-37-16-18-38(19-17-37)42-31-78-60-58-42/h15-20,25,29,31,33-36,39-40,44-45,47-56,64,66-68H,12-14,21-24,26-28,30H2,1-11H3/b20-15+,32-25+/t33-,34+,35?,36?,39-,40-,44-,45-,48?,49?,50?,51?,52-,53?,54?,55?,56?/m1/s1. The van der Waals surface area contributed by atoms with Crippen molar-refractivity contribution < 1.29 is 72.6 Å². The van der Waals surface area contributed by atoms with Gasteiger partial charge in [-0.25, -0.2) is 0 Å². The summed E-state index contributed by atoms with van der Waals surface area (Å²) in [5, 5.41) is 61.6. The molecule has 436 valence electrons. The first-order valence-electron chi connectivity index (χ1n) is 27.5. The summed E-state index contributed by atoms with van der Waals surface area (Å²) in [5.41, 5.74) is 4.44. The molecule has 0 spiro atoms. The number of benzene rings is 1. The van der Waals surface area contributed by atoms with E-state index < -0.39 is 122 Å². The fourth-order valence-corrected chi connectivity index (χ4v) is 11.2. The summed E-state index contributed by atoms with van der Waals surface area (Å²) in [7, 11) is 4.77. The third kappa shape index (κ3) is 17.0. The van der Waals surface area contributed by atoms with E-state index in [1.165, 1.54) is 31.8 Å². The molecule has 3 aliphatic rings. The van der Waals surface area contributed by atoms with E-state index in [-0.39, 0.29) is 25.2 Å². The minimum Gasteiger partial charge on any atom is -0.462 e. The first-order chi connectivity index (χ1) is 37.4. The Kier molecular flexibility index (Phi) is 24.9. The molecular formula is C56H86N6O15S. The van der Waals surface area contributed by atoms with Crippen molar-refractivity contribution in [3.8, 4) is 11.3 Å². The number of ether oxygens (including phenoxy) is 9. The highest BCUT2D eigenvalue weighted by atomic mass is 32.1. The number of aliphatic hydroxyl groups excluding tert-OH is 4. The van der Waals surface area contributed by atoms with Gasteiger partial charge in [-0.3, -0.25) is 19.2 Å². The highest BCUT2D eigenvalue weighted by Gasteiger charge is 2.49. The van der Waals surface area contributed by atoms with Gasteiger partial charge in [0.05, 0.1) is 55.3 Å². The molecule has 4 N–H and O–H groups in total. The molecule has 3 aromatic rings. The summed E-state index contributed by atoms with van der Waals surface area (Å²) in [6.07, 6.45) is -3.77. The van der Waals surface area contributed by atoms with Crippen molar-refractivity contribution in [3.05, 3.63) is 70.9 Å². The lowest BCUT2D eigenvalue weighted by molar-refractivity contribution is -0.307. The Labute approximate surface area is 463 Å². The Balaban J connectivity index is 1.21. The molecule has 78 heavy (non-hydrogen) atoms. The minimum atomic E-state index is -1.40. The van der Waals surface area contributed by atoms with Gasteiger partial charge in [0.25, 0.3) is 0 Å². The van der Waals surface area contributed by atoms with Crippen LogP contribution in [0.15, 0.2) is 59.6 Å². The molecule has 0 bridgehead atoms. The SMILES string of the molecule is CCOC(C[C@H]1C[C@@H](C)C(=O)/C=C/C(C)=C/[C@H](COC2OC(C)C(O)C(OC)C2OC)[C@@H](CC)OC(=O)C[C@@H](O)[C@H](C)[C@H]1OC1OC(C)C(O)C(N(C)CCc2cn(CCc3ccc(-c4csnn4)cc3)nn2)C1O)OCC. The molecule has 2 fully saturated rings. The van der Waals surface area contributed by atoms with Crippen molar-refractivity contribution >= 4 is 23.3 Å². The molecule has 21 nitrogen and oxygen atoms in total. The first kappa shape index (κ1) is 63.2. The molecule has 10 unspecified atom stereocenters. The van der Waals surface area contributed by atoms with Crippen molar-refractivity contribution in [2.45, 2.75) is 186 Å². The van der Waals surface area contributed by atoms with E-state index in [1.807, 2.05) is 76.4 Å². The van der Waals surface area contributed by atoms with Gasteiger partial charge in [0.15, 0.2) is 24.7 Å². The topological polar surface area (TPSA) is 258 Å². The smallest absolute Gasteiger partial charge is 0.308 e. The lowest BCUT2D eigenvalue weighted by Gasteiger charge is -2.47. The number of carbonyl (C=O) groups excluding carboxylic acids is 2. The molecule has 2 aromatic heterocycles. The largest absolute Gasteiger partial charge is 0.462 e. The number of esters is 1. The fourth-order valence-electron chi connectivity index (χ4n) is 10.7. The number of likely N-dealkylation sites (N-methyl/N-ethyl adjacent to an activating group) is 1. The first-order valence-corrected chi connectivity index (χ1v) is 28.4. The van der Waals surface area contributed by atoms with Gasteiger partial charge in [0, 0.05) is 88.3 Å². The average molecular weight is 1120 g/mol. The molecule has 0 amide bonds. The summed E-state index contributed by atoms with van der Waals surface area (Å²) in [6.45, 7) is 16.1. The van der Waals surface area contributed by atoms with Crippen LogP contribution in [0.25, 0.3) is 11.3 Å². The van der Waals surface area contributed by atoms with Gasteiger partial charge in [-0.1, -0.05) is 72.5 Å². The zero-order valence-electron chi connectivity index (χ0n) is 47.2. The van der Waals surface area contributed by atoms with Crippen LogP contribution in [0.4, 0.5) is 0 Å². The van der Waals surface area contributed by atoms with Crippen LogP contribution in [-0.2, 0) is 71.6 Å². The molecule has 3 aliphatic heterocycles. The molecule has 17 atom stereocenters. The molecule has 2 saturated heterocycles. The molecule has 0 aliphatic carbocycles. The Morgan fingerprint density at radius 2 is 1.55 bits per heavy atom. The van der Waals surface area contributed by atoms with Crippen LogP contribution in [0.3, 0.4) is 0 Å². The predicted octanol–water partition coefficient (Wildman–Crippen LogP) is 4.73. The second-order valence-corrected chi connectivity index (χ2v) is 21.6. The molecule has 0 radical (unpaired) electrons. The van der Waals surface area contributed by atoms with Gasteiger partial charge >= 0.3 is 5.97 Å². The van der Waals surface area contributed by atoms with Crippen LogP contribution < -0.4 is 0 Å². The number of aryl methyl sites for hydroxylation is 2. The molecule has 0 saturated carbocycles.